The van der Waals surface area contributed by atoms with Gasteiger partial charge in [-0.15, -0.1) is 0 Å². The molecule has 0 aliphatic carbocycles. The van der Waals surface area contributed by atoms with Crippen LogP contribution in [0.15, 0.2) is 168 Å². The standard InChI is InChI=1S/C50H27N5O/c1-52-49-45(54-41-19-9-4-14-34(41)35-15-5-10-20-42(35)54)26-30(29-51)27-46(49)55-43-24-22-31(53-39-17-7-2-12-32(39)33-13-3-8-18-40(33)53)28-38(43)48-44(55)25-23-37-36-16-6-11-21-47(36)56-50(37)48/h2-28H. The van der Waals surface area contributed by atoms with Crippen LogP contribution in [0.4, 0.5) is 5.69 Å². The van der Waals surface area contributed by atoms with Gasteiger partial charge in [0, 0.05) is 43.4 Å². The van der Waals surface area contributed by atoms with Gasteiger partial charge in [-0.25, -0.2) is 4.85 Å². The van der Waals surface area contributed by atoms with Crippen molar-refractivity contribution in [1.82, 2.24) is 13.7 Å². The zero-order valence-corrected chi connectivity index (χ0v) is 29.7. The first-order chi connectivity index (χ1) is 27.7. The number of nitrogens with zero attached hydrogens (tertiary/aromatic N) is 5. The highest BCUT2D eigenvalue weighted by molar-refractivity contribution is 6.24. The van der Waals surface area contributed by atoms with Crippen LogP contribution in [0.5, 0.6) is 0 Å². The van der Waals surface area contributed by atoms with E-state index in [0.29, 0.717) is 22.6 Å². The Morgan fingerprint density at radius 3 is 1.52 bits per heavy atom. The van der Waals surface area contributed by atoms with Crippen molar-refractivity contribution in [2.45, 2.75) is 0 Å². The topological polar surface area (TPSA) is 56.1 Å². The molecule has 4 heterocycles. The largest absolute Gasteiger partial charge is 0.455 e. The minimum atomic E-state index is 0.450. The molecule has 0 aliphatic heterocycles. The third kappa shape index (κ3) is 3.97. The summed E-state index contributed by atoms with van der Waals surface area (Å²) in [5.41, 5.74) is 10.8. The van der Waals surface area contributed by atoms with Crippen LogP contribution in [-0.2, 0) is 0 Å². The van der Waals surface area contributed by atoms with Crippen molar-refractivity contribution in [3.05, 3.63) is 181 Å². The molecule has 56 heavy (non-hydrogen) atoms. The highest BCUT2D eigenvalue weighted by Crippen LogP contribution is 2.46. The molecule has 258 valence electrons. The van der Waals surface area contributed by atoms with Gasteiger partial charge in [-0.1, -0.05) is 91.0 Å². The number of furan rings is 1. The van der Waals surface area contributed by atoms with Crippen LogP contribution in [0.1, 0.15) is 5.56 Å². The van der Waals surface area contributed by atoms with E-state index in [1.54, 1.807) is 0 Å². The summed E-state index contributed by atoms with van der Waals surface area (Å²) in [6.45, 7) is 8.77. The van der Waals surface area contributed by atoms with Crippen molar-refractivity contribution in [2.75, 3.05) is 0 Å². The molecule has 6 heteroatoms. The number of nitriles is 1. The molecular formula is C50H27N5O. The molecule has 12 aromatic rings. The Kier molecular flexibility index (Phi) is 6.10. The number of rotatable bonds is 3. The summed E-state index contributed by atoms with van der Waals surface area (Å²) < 4.78 is 13.3. The smallest absolute Gasteiger partial charge is 0.234 e. The third-order valence-corrected chi connectivity index (χ3v) is 11.5. The Balaban J connectivity index is 1.23. The van der Waals surface area contributed by atoms with Crippen molar-refractivity contribution < 1.29 is 4.42 Å². The maximum atomic E-state index is 10.6. The first-order valence-electron chi connectivity index (χ1n) is 18.5. The van der Waals surface area contributed by atoms with Crippen molar-refractivity contribution >= 4 is 93.0 Å². The van der Waals surface area contributed by atoms with Crippen molar-refractivity contribution in [3.63, 3.8) is 0 Å². The van der Waals surface area contributed by atoms with E-state index in [1.165, 1.54) is 10.8 Å². The summed E-state index contributed by atoms with van der Waals surface area (Å²) in [4.78, 5) is 4.28. The summed E-state index contributed by atoms with van der Waals surface area (Å²) in [6, 6.07) is 58.6. The van der Waals surface area contributed by atoms with Crippen molar-refractivity contribution in [3.8, 4) is 23.1 Å². The predicted octanol–water partition coefficient (Wildman–Crippen LogP) is 13.3. The number of benzene rings is 8. The van der Waals surface area contributed by atoms with E-state index in [4.69, 9.17) is 11.0 Å². The SMILES string of the molecule is [C-]#[N+]c1c(-n2c3ccccc3c3ccccc32)cc(C#N)cc1-n1c2ccc(-n3c4ccccc4c4ccccc43)cc2c2c3oc4ccccc4c3ccc21. The number of hydrogen-bond acceptors (Lipinski definition) is 2. The molecule has 0 fully saturated rings. The lowest BCUT2D eigenvalue weighted by Gasteiger charge is -2.17. The Morgan fingerprint density at radius 2 is 0.946 bits per heavy atom. The molecule has 0 atom stereocenters. The monoisotopic (exact) mass is 713 g/mol. The quantitative estimate of drug-likeness (QED) is 0.171. The van der Waals surface area contributed by atoms with Crippen molar-refractivity contribution in [2.24, 2.45) is 0 Å². The molecule has 4 aromatic heterocycles. The van der Waals surface area contributed by atoms with Gasteiger partial charge in [0.15, 0.2) is 0 Å². The van der Waals surface area contributed by atoms with Gasteiger partial charge in [0.25, 0.3) is 0 Å². The summed E-state index contributed by atoms with van der Waals surface area (Å²) in [5, 5.41) is 19.1. The molecular weight excluding hydrogens is 687 g/mol. The minimum absolute atomic E-state index is 0.450. The molecule has 0 N–H and O–H groups in total. The molecule has 0 saturated carbocycles. The average Bonchev–Trinajstić information content (AvgIpc) is 3.99. The van der Waals surface area contributed by atoms with Crippen LogP contribution in [0.25, 0.3) is 109 Å². The Morgan fingerprint density at radius 1 is 0.464 bits per heavy atom. The van der Waals surface area contributed by atoms with Crippen LogP contribution in [0.2, 0.25) is 0 Å². The Hall–Kier alpha value is -8.06. The van der Waals surface area contributed by atoms with E-state index in [1.807, 2.05) is 54.6 Å². The maximum absolute atomic E-state index is 10.6. The molecule has 0 bridgehead atoms. The molecule has 0 radical (unpaired) electrons. The lowest BCUT2D eigenvalue weighted by atomic mass is 10.1. The van der Waals surface area contributed by atoms with Gasteiger partial charge in [-0.2, -0.15) is 5.26 Å². The number of aromatic nitrogens is 3. The zero-order valence-electron chi connectivity index (χ0n) is 29.7. The zero-order chi connectivity index (χ0) is 37.1. The number of fused-ring (bicyclic) bond motifs is 13. The van der Waals surface area contributed by atoms with E-state index in [-0.39, 0.29) is 0 Å². The van der Waals surface area contributed by atoms with Gasteiger partial charge in [0.05, 0.1) is 68.1 Å². The maximum Gasteiger partial charge on any atom is 0.234 e. The van der Waals surface area contributed by atoms with Crippen LogP contribution in [-0.4, -0.2) is 13.7 Å². The fourth-order valence-electron chi connectivity index (χ4n) is 9.18. The average molecular weight is 714 g/mol. The first-order valence-corrected chi connectivity index (χ1v) is 18.5. The van der Waals surface area contributed by atoms with Gasteiger partial charge in [0.2, 0.25) is 5.69 Å². The lowest BCUT2D eigenvalue weighted by Crippen LogP contribution is -2.01. The lowest BCUT2D eigenvalue weighted by molar-refractivity contribution is 0.673. The Labute approximate surface area is 319 Å². The fourth-order valence-corrected chi connectivity index (χ4v) is 9.18. The van der Waals surface area contributed by atoms with E-state index < -0.39 is 0 Å². The van der Waals surface area contributed by atoms with Crippen LogP contribution in [0, 0.1) is 17.9 Å². The highest BCUT2D eigenvalue weighted by Gasteiger charge is 2.25. The van der Waals surface area contributed by atoms with E-state index in [2.05, 4.69) is 134 Å². The van der Waals surface area contributed by atoms with E-state index >= 15 is 0 Å². The molecule has 0 spiro atoms. The predicted molar refractivity (Wildman–Crippen MR) is 228 cm³/mol. The minimum Gasteiger partial charge on any atom is -0.455 e. The molecule has 0 amide bonds. The molecule has 0 aliphatic rings. The molecule has 8 aromatic carbocycles. The molecule has 0 saturated heterocycles. The second-order valence-electron chi connectivity index (χ2n) is 14.3. The molecule has 12 rings (SSSR count). The normalized spacial score (nSPS) is 11.9. The van der Waals surface area contributed by atoms with Gasteiger partial charge in [0.1, 0.15) is 11.2 Å². The van der Waals surface area contributed by atoms with Gasteiger partial charge in [-0.3, -0.25) is 0 Å². The third-order valence-electron chi connectivity index (χ3n) is 11.5. The second-order valence-corrected chi connectivity index (χ2v) is 14.3. The second kappa shape index (κ2) is 11.2. The Bertz CT molecular complexity index is 3640. The molecule has 0 unspecified atom stereocenters. The van der Waals surface area contributed by atoms with Gasteiger partial charge >= 0.3 is 0 Å². The van der Waals surface area contributed by atoms with E-state index in [9.17, 15) is 5.26 Å². The number of para-hydroxylation sites is 5. The number of hydrogen-bond donors (Lipinski definition) is 0. The fraction of sp³-hybridized carbons (Fsp3) is 0. The van der Waals surface area contributed by atoms with Crippen LogP contribution in [0.3, 0.4) is 0 Å². The van der Waals surface area contributed by atoms with Crippen molar-refractivity contribution in [1.29, 1.82) is 5.26 Å². The first kappa shape index (κ1) is 30.4. The van der Waals surface area contributed by atoms with Gasteiger partial charge in [-0.05, 0) is 72.8 Å². The summed E-state index contributed by atoms with van der Waals surface area (Å²) in [6.07, 6.45) is 0. The summed E-state index contributed by atoms with van der Waals surface area (Å²) in [7, 11) is 0. The van der Waals surface area contributed by atoms with E-state index in [0.717, 1.165) is 82.3 Å². The van der Waals surface area contributed by atoms with Crippen LogP contribution < -0.4 is 0 Å². The summed E-state index contributed by atoms with van der Waals surface area (Å²) in [5.74, 6) is 0. The molecule has 6 nitrogen and oxygen atoms in total. The summed E-state index contributed by atoms with van der Waals surface area (Å²) >= 11 is 0. The highest BCUT2D eigenvalue weighted by atomic mass is 16.3. The van der Waals surface area contributed by atoms with Gasteiger partial charge < -0.3 is 18.1 Å². The van der Waals surface area contributed by atoms with Crippen LogP contribution >= 0.6 is 0 Å².